The Kier molecular flexibility index (Phi) is 6.05. The third-order valence-electron chi connectivity index (χ3n) is 2.45. The lowest BCUT2D eigenvalue weighted by molar-refractivity contribution is 0.0505. The van der Waals surface area contributed by atoms with Crippen LogP contribution in [0.15, 0.2) is 24.3 Å². The van der Waals surface area contributed by atoms with E-state index in [1.807, 2.05) is 6.92 Å². The first kappa shape index (κ1) is 17.3. The average molecular weight is 295 g/mol. The van der Waals surface area contributed by atoms with E-state index in [0.717, 1.165) is 0 Å². The number of alkyl carbamates (subject to hydrolysis) is 1. The molecule has 1 atom stereocenters. The summed E-state index contributed by atoms with van der Waals surface area (Å²) in [5.74, 6) is 0.581. The van der Waals surface area contributed by atoms with E-state index in [-0.39, 0.29) is 6.10 Å². The van der Waals surface area contributed by atoms with Gasteiger partial charge in [0, 0.05) is 0 Å². The summed E-state index contributed by atoms with van der Waals surface area (Å²) in [5.41, 5.74) is -0.142. The Hall–Kier alpha value is -1.73. The molecule has 0 aliphatic carbocycles. The number of ether oxygens (including phenoxy) is 2. The van der Waals surface area contributed by atoms with E-state index in [0.29, 0.717) is 17.8 Å². The third-order valence-corrected chi connectivity index (χ3v) is 2.45. The molecule has 0 bridgehead atoms. The summed E-state index contributed by atoms with van der Waals surface area (Å²) in [4.78, 5) is 11.5. The largest absolute Gasteiger partial charge is 0.489 e. The van der Waals surface area contributed by atoms with Gasteiger partial charge < -0.3 is 24.8 Å². The standard InChI is InChI=1S/C14H22BNO5/c1-10(9-16-13(17)21-14(2,3)4)20-12-7-5-11(6-8-12)15(18)19/h5-8,10,18-19H,9H2,1-4H3,(H,16,17). The Labute approximate surface area is 125 Å². The summed E-state index contributed by atoms with van der Waals surface area (Å²) in [6.45, 7) is 7.50. The van der Waals surface area contributed by atoms with E-state index in [9.17, 15) is 4.79 Å². The molecule has 0 heterocycles. The van der Waals surface area contributed by atoms with Crippen LogP contribution in [0.4, 0.5) is 4.79 Å². The fourth-order valence-corrected chi connectivity index (χ4v) is 1.53. The van der Waals surface area contributed by atoms with E-state index in [2.05, 4.69) is 5.32 Å². The minimum absolute atomic E-state index is 0.248. The molecular formula is C14H22BNO5. The van der Waals surface area contributed by atoms with Crippen molar-refractivity contribution in [2.24, 2.45) is 0 Å². The van der Waals surface area contributed by atoms with Crippen LogP contribution in [0.3, 0.4) is 0 Å². The zero-order chi connectivity index (χ0) is 16.0. The van der Waals surface area contributed by atoms with Gasteiger partial charge in [0.15, 0.2) is 0 Å². The first-order chi connectivity index (χ1) is 9.67. The Bertz CT molecular complexity index is 455. The molecule has 0 spiro atoms. The Morgan fingerprint density at radius 2 is 1.86 bits per heavy atom. The maximum Gasteiger partial charge on any atom is 0.488 e. The molecule has 0 aliphatic rings. The highest BCUT2D eigenvalue weighted by atomic mass is 16.6. The second-order valence-corrected chi connectivity index (χ2v) is 5.75. The minimum Gasteiger partial charge on any atom is -0.489 e. The van der Waals surface area contributed by atoms with Crippen LogP contribution in [0.1, 0.15) is 27.7 Å². The van der Waals surface area contributed by atoms with E-state index in [1.54, 1.807) is 45.0 Å². The molecule has 0 aromatic heterocycles. The van der Waals surface area contributed by atoms with Crippen LogP contribution in [0.25, 0.3) is 0 Å². The van der Waals surface area contributed by atoms with Crippen molar-refractivity contribution in [2.75, 3.05) is 6.54 Å². The van der Waals surface area contributed by atoms with Crippen molar-refractivity contribution in [1.29, 1.82) is 0 Å². The molecule has 3 N–H and O–H groups in total. The molecular weight excluding hydrogens is 273 g/mol. The van der Waals surface area contributed by atoms with Gasteiger partial charge in [-0.1, -0.05) is 12.1 Å². The van der Waals surface area contributed by atoms with Gasteiger partial charge in [0.2, 0.25) is 0 Å². The molecule has 0 saturated heterocycles. The number of rotatable bonds is 5. The highest BCUT2D eigenvalue weighted by Crippen LogP contribution is 2.10. The van der Waals surface area contributed by atoms with Gasteiger partial charge in [0.05, 0.1) is 6.54 Å². The van der Waals surface area contributed by atoms with Gasteiger partial charge >= 0.3 is 13.2 Å². The maximum atomic E-state index is 11.5. The van der Waals surface area contributed by atoms with Crippen molar-refractivity contribution in [1.82, 2.24) is 5.32 Å². The van der Waals surface area contributed by atoms with Gasteiger partial charge in [-0.05, 0) is 45.3 Å². The predicted octanol–water partition coefficient (Wildman–Crippen LogP) is 0.658. The number of benzene rings is 1. The number of nitrogens with one attached hydrogen (secondary N) is 1. The summed E-state index contributed by atoms with van der Waals surface area (Å²) >= 11 is 0. The summed E-state index contributed by atoms with van der Waals surface area (Å²) in [7, 11) is -1.50. The van der Waals surface area contributed by atoms with Gasteiger partial charge in [0.1, 0.15) is 17.5 Å². The summed E-state index contributed by atoms with van der Waals surface area (Å²) in [6, 6.07) is 6.40. The molecule has 7 heteroatoms. The Morgan fingerprint density at radius 1 is 1.29 bits per heavy atom. The van der Waals surface area contributed by atoms with Gasteiger partial charge in [-0.3, -0.25) is 0 Å². The second kappa shape index (κ2) is 7.33. The van der Waals surface area contributed by atoms with Gasteiger partial charge in [-0.15, -0.1) is 0 Å². The maximum absolute atomic E-state index is 11.5. The highest BCUT2D eigenvalue weighted by Gasteiger charge is 2.17. The quantitative estimate of drug-likeness (QED) is 0.694. The van der Waals surface area contributed by atoms with Gasteiger partial charge in [-0.2, -0.15) is 0 Å². The topological polar surface area (TPSA) is 88.0 Å². The average Bonchev–Trinajstić information content (AvgIpc) is 2.35. The molecule has 6 nitrogen and oxygen atoms in total. The normalized spacial score (nSPS) is 12.5. The second-order valence-electron chi connectivity index (χ2n) is 5.75. The van der Waals surface area contributed by atoms with Crippen LogP contribution < -0.4 is 15.5 Å². The first-order valence-corrected chi connectivity index (χ1v) is 6.77. The molecule has 0 fully saturated rings. The van der Waals surface area contributed by atoms with E-state index < -0.39 is 18.8 Å². The zero-order valence-corrected chi connectivity index (χ0v) is 12.8. The molecule has 1 unspecified atom stereocenters. The zero-order valence-electron chi connectivity index (χ0n) is 12.8. The van der Waals surface area contributed by atoms with Crippen molar-refractivity contribution >= 4 is 18.7 Å². The molecule has 1 aromatic carbocycles. The van der Waals surface area contributed by atoms with Crippen LogP contribution >= 0.6 is 0 Å². The fraction of sp³-hybridized carbons (Fsp3) is 0.500. The summed E-state index contributed by atoms with van der Waals surface area (Å²) in [6.07, 6.45) is -0.737. The predicted molar refractivity (Wildman–Crippen MR) is 80.6 cm³/mol. The molecule has 1 amide bonds. The van der Waals surface area contributed by atoms with Crippen LogP contribution in [-0.2, 0) is 4.74 Å². The van der Waals surface area contributed by atoms with Gasteiger partial charge in [0.25, 0.3) is 0 Å². The number of carbonyl (C=O) groups is 1. The fourth-order valence-electron chi connectivity index (χ4n) is 1.53. The molecule has 0 aliphatic heterocycles. The van der Waals surface area contributed by atoms with Crippen molar-refractivity contribution in [3.05, 3.63) is 24.3 Å². The van der Waals surface area contributed by atoms with Crippen LogP contribution in [0.5, 0.6) is 5.75 Å². The molecule has 21 heavy (non-hydrogen) atoms. The van der Waals surface area contributed by atoms with Crippen LogP contribution in [-0.4, -0.2) is 41.5 Å². The monoisotopic (exact) mass is 295 g/mol. The smallest absolute Gasteiger partial charge is 0.488 e. The highest BCUT2D eigenvalue weighted by molar-refractivity contribution is 6.58. The Balaban J connectivity index is 2.40. The lowest BCUT2D eigenvalue weighted by atomic mass is 9.80. The Morgan fingerprint density at radius 3 is 2.33 bits per heavy atom. The third kappa shape index (κ3) is 7.01. The number of hydrogen-bond acceptors (Lipinski definition) is 5. The lowest BCUT2D eigenvalue weighted by Crippen LogP contribution is -2.37. The van der Waals surface area contributed by atoms with E-state index in [1.165, 1.54) is 0 Å². The number of amides is 1. The summed E-state index contributed by atoms with van der Waals surface area (Å²) < 4.78 is 10.7. The van der Waals surface area contributed by atoms with Crippen LogP contribution in [0.2, 0.25) is 0 Å². The summed E-state index contributed by atoms with van der Waals surface area (Å²) in [5, 5.41) is 20.6. The molecule has 0 saturated carbocycles. The number of hydrogen-bond donors (Lipinski definition) is 3. The van der Waals surface area contributed by atoms with E-state index in [4.69, 9.17) is 19.5 Å². The van der Waals surface area contributed by atoms with Crippen molar-refractivity contribution < 1.29 is 24.3 Å². The van der Waals surface area contributed by atoms with Crippen molar-refractivity contribution in [3.63, 3.8) is 0 Å². The molecule has 0 radical (unpaired) electrons. The van der Waals surface area contributed by atoms with E-state index >= 15 is 0 Å². The molecule has 1 aromatic rings. The van der Waals surface area contributed by atoms with Crippen LogP contribution in [0, 0.1) is 0 Å². The van der Waals surface area contributed by atoms with Crippen molar-refractivity contribution in [2.45, 2.75) is 39.4 Å². The minimum atomic E-state index is -1.50. The number of carbonyl (C=O) groups excluding carboxylic acids is 1. The molecule has 116 valence electrons. The van der Waals surface area contributed by atoms with Crippen molar-refractivity contribution in [3.8, 4) is 5.75 Å². The molecule has 1 rings (SSSR count). The first-order valence-electron chi connectivity index (χ1n) is 6.77. The van der Waals surface area contributed by atoms with Gasteiger partial charge in [-0.25, -0.2) is 4.79 Å². The lowest BCUT2D eigenvalue weighted by Gasteiger charge is -2.21. The SMILES string of the molecule is CC(CNC(=O)OC(C)(C)C)Oc1ccc(B(O)O)cc1.